The minimum Gasteiger partial charge on any atom is -0.502 e. The van der Waals surface area contributed by atoms with Crippen LogP contribution >= 0.6 is 0 Å². The van der Waals surface area contributed by atoms with Crippen molar-refractivity contribution in [3.8, 4) is 11.5 Å². The van der Waals surface area contributed by atoms with Gasteiger partial charge in [0.15, 0.2) is 23.0 Å². The lowest BCUT2D eigenvalue weighted by Gasteiger charge is -2.37. The van der Waals surface area contributed by atoms with Crippen molar-refractivity contribution in [2.75, 3.05) is 32.0 Å². The quantitative estimate of drug-likeness (QED) is 0.206. The van der Waals surface area contributed by atoms with Crippen molar-refractivity contribution >= 4 is 5.91 Å². The van der Waals surface area contributed by atoms with E-state index in [1.807, 2.05) is 36.4 Å². The van der Waals surface area contributed by atoms with E-state index in [0.29, 0.717) is 13.2 Å². The van der Waals surface area contributed by atoms with Gasteiger partial charge in [-0.2, -0.15) is 4.39 Å². The minimum atomic E-state index is -0.951. The van der Waals surface area contributed by atoms with Crippen molar-refractivity contribution in [1.82, 2.24) is 9.69 Å². The van der Waals surface area contributed by atoms with Crippen LogP contribution in [0.4, 0.5) is 8.78 Å². The molecule has 0 fully saturated rings. The van der Waals surface area contributed by atoms with Crippen LogP contribution in [0, 0.1) is 11.6 Å². The summed E-state index contributed by atoms with van der Waals surface area (Å²) in [6.07, 6.45) is 5.83. The third kappa shape index (κ3) is 7.15. The Morgan fingerprint density at radius 3 is 2.54 bits per heavy atom. The first-order chi connectivity index (χ1) is 17.8. The zero-order valence-electron chi connectivity index (χ0n) is 20.2. The Morgan fingerprint density at radius 1 is 1.05 bits per heavy atom. The molecule has 0 spiro atoms. The first-order valence-corrected chi connectivity index (χ1v) is 11.3. The molecule has 37 heavy (non-hydrogen) atoms. The predicted octanol–water partition coefficient (Wildman–Crippen LogP) is 2.92. The number of amides is 1. The molecule has 0 radical (unpaired) electrons. The van der Waals surface area contributed by atoms with Gasteiger partial charge in [0.1, 0.15) is 13.3 Å². The van der Waals surface area contributed by atoms with E-state index >= 15 is 0 Å². The predicted molar refractivity (Wildman–Crippen MR) is 133 cm³/mol. The summed E-state index contributed by atoms with van der Waals surface area (Å²) in [5.41, 5.74) is 0.293. The van der Waals surface area contributed by atoms with E-state index in [1.165, 1.54) is 29.1 Å². The van der Waals surface area contributed by atoms with E-state index < -0.39 is 28.7 Å². The Morgan fingerprint density at radius 2 is 1.81 bits per heavy atom. The lowest BCUT2D eigenvalue weighted by molar-refractivity contribution is 0.0685. The van der Waals surface area contributed by atoms with Gasteiger partial charge in [-0.3, -0.25) is 24.3 Å². The smallest absolute Gasteiger partial charge is 0.292 e. The molecule has 0 aliphatic carbocycles. The minimum absolute atomic E-state index is 0.0728. The van der Waals surface area contributed by atoms with Crippen LogP contribution in [-0.4, -0.2) is 47.7 Å². The van der Waals surface area contributed by atoms with Gasteiger partial charge >= 0.3 is 0 Å². The van der Waals surface area contributed by atoms with Crippen LogP contribution < -0.4 is 21.0 Å². The molecule has 2 aromatic carbocycles. The van der Waals surface area contributed by atoms with Crippen LogP contribution in [0.25, 0.3) is 0 Å². The molecule has 0 saturated heterocycles. The molecular formula is C26H28F2N4O5. The van der Waals surface area contributed by atoms with Crippen molar-refractivity contribution in [3.63, 3.8) is 0 Å². The maximum Gasteiger partial charge on any atom is 0.292 e. The summed E-state index contributed by atoms with van der Waals surface area (Å²) < 4.78 is 37.2. The highest BCUT2D eigenvalue weighted by atomic mass is 19.2. The summed E-state index contributed by atoms with van der Waals surface area (Å²) in [4.78, 5) is 23.6. The Bertz CT molecular complexity index is 1280. The van der Waals surface area contributed by atoms with Crippen LogP contribution in [0.15, 0.2) is 77.7 Å². The number of hydrogen-bond donors (Lipinski definition) is 2. The van der Waals surface area contributed by atoms with Crippen molar-refractivity contribution in [2.24, 2.45) is 5.84 Å². The second-order valence-corrected chi connectivity index (χ2v) is 7.90. The van der Waals surface area contributed by atoms with E-state index in [9.17, 15) is 23.5 Å². The van der Waals surface area contributed by atoms with Gasteiger partial charge in [0.2, 0.25) is 11.2 Å². The molecule has 2 heterocycles. The molecule has 1 amide bonds. The Balaban J connectivity index is 0.000000214. The maximum atomic E-state index is 13.1. The number of methoxy groups -OCH3 is 1. The monoisotopic (exact) mass is 514 g/mol. The molecule has 0 bridgehead atoms. The summed E-state index contributed by atoms with van der Waals surface area (Å²) in [6.45, 7) is 1.48. The number of nitrogens with zero attached hydrogens (tertiary/aromatic N) is 3. The van der Waals surface area contributed by atoms with Crippen molar-refractivity contribution in [3.05, 3.63) is 106 Å². The van der Waals surface area contributed by atoms with Crippen molar-refractivity contribution in [1.29, 1.82) is 0 Å². The lowest BCUT2D eigenvalue weighted by Crippen LogP contribution is -2.56. The molecule has 0 saturated carbocycles. The molecule has 1 aliphatic heterocycles. The van der Waals surface area contributed by atoms with Crippen LogP contribution in [0.3, 0.4) is 0 Å². The topological polar surface area (TPSA) is 110 Å². The highest BCUT2D eigenvalue weighted by molar-refractivity contribution is 5.95. The highest BCUT2D eigenvalue weighted by Crippen LogP contribution is 2.20. The largest absolute Gasteiger partial charge is 0.502 e. The molecule has 9 nitrogen and oxygen atoms in total. The number of carbonyl (C=O) groups excluding carboxylic acids is 1. The number of fused-ring (bicyclic) bond motifs is 1. The zero-order valence-corrected chi connectivity index (χ0v) is 20.2. The maximum absolute atomic E-state index is 13.1. The number of hydrogen-bond acceptors (Lipinski definition) is 7. The van der Waals surface area contributed by atoms with Gasteiger partial charge in [0.05, 0.1) is 6.54 Å². The van der Waals surface area contributed by atoms with Crippen LogP contribution in [0.5, 0.6) is 11.5 Å². The normalized spacial score (nSPS) is 12.8. The van der Waals surface area contributed by atoms with Gasteiger partial charge in [-0.1, -0.05) is 48.6 Å². The van der Waals surface area contributed by atoms with E-state index in [4.69, 9.17) is 15.3 Å². The lowest BCUT2D eigenvalue weighted by atomic mass is 10.2. The molecule has 0 unspecified atom stereocenters. The fourth-order valence-electron chi connectivity index (χ4n) is 3.42. The number of halogens is 2. The second kappa shape index (κ2) is 13.2. The molecule has 11 heteroatoms. The average molecular weight is 515 g/mol. The molecule has 0 atom stereocenters. The number of benzene rings is 2. The van der Waals surface area contributed by atoms with Gasteiger partial charge in [-0.05, 0) is 24.1 Å². The average Bonchev–Trinajstić information content (AvgIpc) is 2.89. The number of aromatic hydroxyl groups is 1. The van der Waals surface area contributed by atoms with E-state index in [0.717, 1.165) is 23.1 Å². The Labute approximate surface area is 212 Å². The van der Waals surface area contributed by atoms with Gasteiger partial charge < -0.3 is 14.6 Å². The summed E-state index contributed by atoms with van der Waals surface area (Å²) in [5.74, 6) is 2.57. The number of pyridine rings is 1. The first-order valence-electron chi connectivity index (χ1n) is 11.3. The molecule has 1 aliphatic rings. The van der Waals surface area contributed by atoms with Crippen LogP contribution in [-0.2, 0) is 11.3 Å². The molecule has 3 N–H and O–H groups in total. The molecule has 3 aromatic rings. The number of hydrazine groups is 1. The van der Waals surface area contributed by atoms with E-state index in [2.05, 4.69) is 0 Å². The molecular weight excluding hydrogens is 486 g/mol. The Hall–Kier alpha value is -4.22. The van der Waals surface area contributed by atoms with Gasteiger partial charge in [0, 0.05) is 26.0 Å². The summed E-state index contributed by atoms with van der Waals surface area (Å²) in [7, 11) is 1.62. The number of rotatable bonds is 8. The SMILES string of the molecule is COCC/C=C/COc1cccc(F)c1F.NN1CN(Cc2ccccc2)n2ccc(=O)c(O)c2C1=O. The van der Waals surface area contributed by atoms with Crippen LogP contribution in [0.1, 0.15) is 22.5 Å². The van der Waals surface area contributed by atoms with Gasteiger partial charge in [-0.25, -0.2) is 10.2 Å². The number of carbonyl (C=O) groups is 1. The van der Waals surface area contributed by atoms with E-state index in [-0.39, 0.29) is 24.7 Å². The number of ether oxygens (including phenoxy) is 2. The summed E-state index contributed by atoms with van der Waals surface area (Å²) in [6, 6.07) is 14.7. The number of aromatic nitrogens is 1. The molecule has 1 aromatic heterocycles. The zero-order chi connectivity index (χ0) is 26.8. The molecule has 196 valence electrons. The standard InChI is InChI=1S/C14H14N4O3.C12H14F2O2/c15-17-9-16(8-10-4-2-1-3-5-10)18-7-6-11(19)13(20)12(18)14(17)21;1-15-8-3-2-4-9-16-11-7-5-6-10(13)12(11)14/h1-7,20H,8-9,15H2;2,4-7H,3,8-9H2,1H3/b;4-2+. The first kappa shape index (κ1) is 27.4. The van der Waals surface area contributed by atoms with E-state index in [1.54, 1.807) is 18.2 Å². The van der Waals surface area contributed by atoms with Crippen molar-refractivity contribution in [2.45, 2.75) is 13.0 Å². The third-order valence-corrected chi connectivity index (χ3v) is 5.25. The van der Waals surface area contributed by atoms with Crippen molar-refractivity contribution < 1.29 is 28.2 Å². The molecule has 4 rings (SSSR count). The van der Waals surface area contributed by atoms with Gasteiger partial charge in [-0.15, -0.1) is 0 Å². The fraction of sp³-hybridized carbons (Fsp3) is 0.231. The van der Waals surface area contributed by atoms with Crippen LogP contribution in [0.2, 0.25) is 0 Å². The second-order valence-electron chi connectivity index (χ2n) is 7.90. The van der Waals surface area contributed by atoms with Gasteiger partial charge in [0.25, 0.3) is 5.91 Å². The fourth-order valence-corrected chi connectivity index (χ4v) is 3.42. The summed E-state index contributed by atoms with van der Waals surface area (Å²) in [5, 5.41) is 12.6. The number of nitrogens with two attached hydrogens (primary N) is 1. The highest BCUT2D eigenvalue weighted by Gasteiger charge is 2.30. The summed E-state index contributed by atoms with van der Waals surface area (Å²) >= 11 is 0. The third-order valence-electron chi connectivity index (χ3n) is 5.25. The Kier molecular flexibility index (Phi) is 9.76.